The Kier molecular flexibility index (Phi) is 5.90. The molecule has 0 unspecified atom stereocenters. The average molecular weight is 458 g/mol. The number of tetrazole rings is 1. The molecule has 0 atom stereocenters. The number of benzene rings is 2. The highest BCUT2D eigenvalue weighted by atomic mass is 19.1. The van der Waals surface area contributed by atoms with E-state index in [0.717, 1.165) is 37.5 Å². The van der Waals surface area contributed by atoms with Crippen LogP contribution in [0.25, 0.3) is 5.69 Å². The standard InChI is InChI=1S/C21H20F2N6O4/c22-15-7-4-8-16(23)18(15)28-21(33)29(26-25-28)20(32)27(12-5-2-1-3-6-12)13-9-10-17(24)14(11-13)19(30)31/h4,7-12H,1-3,5-6,24H2,(H,30,31). The van der Waals surface area contributed by atoms with Crippen LogP contribution in [0.2, 0.25) is 0 Å². The first-order valence-electron chi connectivity index (χ1n) is 10.3. The van der Waals surface area contributed by atoms with Gasteiger partial charge >= 0.3 is 17.7 Å². The van der Waals surface area contributed by atoms with Crippen molar-refractivity contribution < 1.29 is 23.5 Å². The lowest BCUT2D eigenvalue weighted by Gasteiger charge is -2.33. The van der Waals surface area contributed by atoms with Crippen LogP contribution in [-0.2, 0) is 0 Å². The van der Waals surface area contributed by atoms with Gasteiger partial charge in [-0.2, -0.15) is 4.68 Å². The summed E-state index contributed by atoms with van der Waals surface area (Å²) >= 11 is 0. The summed E-state index contributed by atoms with van der Waals surface area (Å²) in [5.74, 6) is -3.38. The van der Waals surface area contributed by atoms with Crippen molar-refractivity contribution in [3.63, 3.8) is 0 Å². The van der Waals surface area contributed by atoms with Crippen molar-refractivity contribution in [2.45, 2.75) is 38.1 Å². The second-order valence-corrected chi connectivity index (χ2v) is 7.68. The van der Waals surface area contributed by atoms with E-state index in [-0.39, 0.29) is 23.0 Å². The third-order valence-corrected chi connectivity index (χ3v) is 5.60. The Hall–Kier alpha value is -4.09. The molecule has 33 heavy (non-hydrogen) atoms. The van der Waals surface area contributed by atoms with Crippen LogP contribution in [0.15, 0.2) is 41.2 Å². The predicted octanol–water partition coefficient (Wildman–Crippen LogP) is 2.80. The summed E-state index contributed by atoms with van der Waals surface area (Å²) in [6.07, 6.45) is 3.87. The molecule has 1 aromatic heterocycles. The van der Waals surface area contributed by atoms with Crippen molar-refractivity contribution in [2.24, 2.45) is 0 Å². The zero-order valence-corrected chi connectivity index (χ0v) is 17.3. The van der Waals surface area contributed by atoms with Gasteiger partial charge in [0.05, 0.1) is 5.56 Å². The van der Waals surface area contributed by atoms with E-state index in [9.17, 15) is 28.3 Å². The maximum absolute atomic E-state index is 14.2. The number of carboxylic acid groups (broad SMARTS) is 1. The SMILES string of the molecule is Nc1ccc(N(C(=O)n2nnn(-c3c(F)cccc3F)c2=O)C2CCCCC2)cc1C(=O)O. The van der Waals surface area contributed by atoms with Crippen LogP contribution < -0.4 is 16.3 Å². The topological polar surface area (TPSA) is 136 Å². The van der Waals surface area contributed by atoms with Crippen LogP contribution in [0, 0.1) is 11.6 Å². The van der Waals surface area contributed by atoms with Gasteiger partial charge < -0.3 is 10.8 Å². The summed E-state index contributed by atoms with van der Waals surface area (Å²) in [5.41, 5.74) is 3.83. The van der Waals surface area contributed by atoms with E-state index < -0.39 is 35.0 Å². The molecule has 1 aliphatic carbocycles. The van der Waals surface area contributed by atoms with Crippen molar-refractivity contribution in [1.82, 2.24) is 19.8 Å². The fourth-order valence-corrected chi connectivity index (χ4v) is 4.00. The summed E-state index contributed by atoms with van der Waals surface area (Å²) in [7, 11) is 0. The fourth-order valence-electron chi connectivity index (χ4n) is 4.00. The number of carboxylic acids is 1. The van der Waals surface area contributed by atoms with Crippen LogP contribution in [0.5, 0.6) is 0 Å². The second-order valence-electron chi connectivity index (χ2n) is 7.68. The Morgan fingerprint density at radius 3 is 2.36 bits per heavy atom. The van der Waals surface area contributed by atoms with Gasteiger partial charge in [-0.05, 0) is 53.6 Å². The molecule has 0 aliphatic heterocycles. The third kappa shape index (κ3) is 4.06. The Labute approximate surface area is 185 Å². The predicted molar refractivity (Wildman–Crippen MR) is 113 cm³/mol. The molecular formula is C21H20F2N6O4. The Morgan fingerprint density at radius 1 is 1.06 bits per heavy atom. The van der Waals surface area contributed by atoms with Gasteiger partial charge in [0.25, 0.3) is 0 Å². The van der Waals surface area contributed by atoms with Crippen molar-refractivity contribution in [3.05, 3.63) is 64.1 Å². The minimum absolute atomic E-state index is 0.0143. The van der Waals surface area contributed by atoms with Crippen LogP contribution in [0.4, 0.5) is 25.0 Å². The van der Waals surface area contributed by atoms with E-state index in [0.29, 0.717) is 22.2 Å². The van der Waals surface area contributed by atoms with Gasteiger partial charge in [-0.25, -0.2) is 23.2 Å². The summed E-state index contributed by atoms with van der Waals surface area (Å²) in [6.45, 7) is 0. The zero-order valence-electron chi connectivity index (χ0n) is 17.3. The van der Waals surface area contributed by atoms with Crippen LogP contribution in [0.1, 0.15) is 42.5 Å². The molecule has 0 bridgehead atoms. The molecule has 1 fully saturated rings. The molecule has 1 aliphatic rings. The van der Waals surface area contributed by atoms with Crippen LogP contribution >= 0.6 is 0 Å². The number of halogens is 2. The maximum atomic E-state index is 14.2. The summed E-state index contributed by atoms with van der Waals surface area (Å²) in [4.78, 5) is 39.1. The lowest BCUT2D eigenvalue weighted by Crippen LogP contribution is -2.47. The number of amides is 1. The second kappa shape index (κ2) is 8.81. The van der Waals surface area contributed by atoms with E-state index in [1.54, 1.807) is 0 Å². The van der Waals surface area contributed by atoms with E-state index >= 15 is 0 Å². The zero-order chi connectivity index (χ0) is 23.7. The average Bonchev–Trinajstić information content (AvgIpc) is 3.16. The van der Waals surface area contributed by atoms with Crippen molar-refractivity contribution in [3.8, 4) is 5.69 Å². The number of nitrogens with zero attached hydrogens (tertiary/aromatic N) is 5. The number of carbonyl (C=O) groups is 2. The van der Waals surface area contributed by atoms with Gasteiger partial charge in [-0.15, -0.1) is 4.68 Å². The molecule has 3 N–H and O–H groups in total. The molecule has 0 saturated heterocycles. The summed E-state index contributed by atoms with van der Waals surface area (Å²) in [5, 5.41) is 16.5. The molecule has 1 heterocycles. The number of hydrogen-bond acceptors (Lipinski definition) is 6. The minimum Gasteiger partial charge on any atom is -0.478 e. The van der Waals surface area contributed by atoms with Crippen molar-refractivity contribution in [2.75, 3.05) is 10.6 Å². The van der Waals surface area contributed by atoms with Crippen LogP contribution in [-0.4, -0.2) is 42.9 Å². The van der Waals surface area contributed by atoms with E-state index in [1.807, 2.05) is 0 Å². The Morgan fingerprint density at radius 2 is 1.73 bits per heavy atom. The largest absolute Gasteiger partial charge is 0.478 e. The number of hydrogen-bond donors (Lipinski definition) is 2. The molecule has 10 nitrogen and oxygen atoms in total. The van der Waals surface area contributed by atoms with Gasteiger partial charge in [0, 0.05) is 17.4 Å². The monoisotopic (exact) mass is 458 g/mol. The van der Waals surface area contributed by atoms with Gasteiger partial charge in [-0.1, -0.05) is 25.3 Å². The highest BCUT2D eigenvalue weighted by Gasteiger charge is 2.32. The highest BCUT2D eigenvalue weighted by molar-refractivity contribution is 5.98. The van der Waals surface area contributed by atoms with Gasteiger partial charge in [-0.3, -0.25) is 4.90 Å². The Balaban J connectivity index is 1.80. The van der Waals surface area contributed by atoms with Gasteiger partial charge in [0.2, 0.25) is 0 Å². The summed E-state index contributed by atoms with van der Waals surface area (Å²) in [6, 6.07) is 5.83. The summed E-state index contributed by atoms with van der Waals surface area (Å²) < 4.78 is 29.1. The molecule has 172 valence electrons. The first-order chi connectivity index (χ1) is 15.8. The van der Waals surface area contributed by atoms with Gasteiger partial charge in [0.1, 0.15) is 5.69 Å². The third-order valence-electron chi connectivity index (χ3n) is 5.60. The maximum Gasteiger partial charge on any atom is 0.377 e. The molecule has 0 spiro atoms. The van der Waals surface area contributed by atoms with Crippen molar-refractivity contribution in [1.29, 1.82) is 0 Å². The quantitative estimate of drug-likeness (QED) is 0.453. The van der Waals surface area contributed by atoms with Gasteiger partial charge in [0.15, 0.2) is 11.6 Å². The van der Waals surface area contributed by atoms with Crippen molar-refractivity contribution >= 4 is 23.4 Å². The molecule has 2 aromatic carbocycles. The first kappa shape index (κ1) is 22.1. The lowest BCUT2D eigenvalue weighted by atomic mass is 9.93. The van der Waals surface area contributed by atoms with E-state index in [4.69, 9.17) is 5.73 Å². The molecule has 1 saturated carbocycles. The number of nitrogens with two attached hydrogens (primary N) is 1. The lowest BCUT2D eigenvalue weighted by molar-refractivity contribution is 0.0698. The fraction of sp³-hybridized carbons (Fsp3) is 0.286. The minimum atomic E-state index is -1.27. The molecule has 12 heteroatoms. The van der Waals surface area contributed by atoms with E-state index in [2.05, 4.69) is 10.4 Å². The van der Waals surface area contributed by atoms with E-state index in [1.165, 1.54) is 23.1 Å². The number of aromatic nitrogens is 4. The number of nitrogen functional groups attached to an aromatic ring is 1. The number of aromatic carboxylic acids is 1. The number of para-hydroxylation sites is 1. The number of rotatable bonds is 4. The van der Waals surface area contributed by atoms with Crippen LogP contribution in [0.3, 0.4) is 0 Å². The normalized spacial score (nSPS) is 14.2. The molecule has 1 amide bonds. The molecule has 0 radical (unpaired) electrons. The highest BCUT2D eigenvalue weighted by Crippen LogP contribution is 2.30. The Bertz CT molecular complexity index is 1260. The molecule has 3 aromatic rings. The first-order valence-corrected chi connectivity index (χ1v) is 10.3. The molecular weight excluding hydrogens is 438 g/mol. The smallest absolute Gasteiger partial charge is 0.377 e. The number of anilines is 2. The molecule has 4 rings (SSSR count). The number of carbonyl (C=O) groups excluding carboxylic acids is 1.